The van der Waals surface area contributed by atoms with Gasteiger partial charge in [0.2, 0.25) is 0 Å². The van der Waals surface area contributed by atoms with Crippen molar-refractivity contribution in [3.63, 3.8) is 0 Å². The van der Waals surface area contributed by atoms with Crippen LogP contribution in [0.4, 0.5) is 38.9 Å². The molecule has 9 heteroatoms. The Morgan fingerprint density at radius 1 is 0.397 bits per heavy atom. The van der Waals surface area contributed by atoms with E-state index in [1.165, 1.54) is 29.2 Å². The van der Waals surface area contributed by atoms with Crippen molar-refractivity contribution in [2.45, 2.75) is 32.6 Å². The zero-order valence-electron chi connectivity index (χ0n) is 35.7. The maximum absolute atomic E-state index is 12.2. The number of anilines is 6. The predicted molar refractivity (Wildman–Crippen MR) is 249 cm³/mol. The van der Waals surface area contributed by atoms with Crippen LogP contribution in [0.2, 0.25) is 0 Å². The van der Waals surface area contributed by atoms with E-state index in [1.807, 2.05) is 48.5 Å². The molecule has 0 atom stereocenters. The third kappa shape index (κ3) is 12.8. The van der Waals surface area contributed by atoms with Gasteiger partial charge in [-0.05, 0) is 145 Å². The molecule has 7 aromatic carbocycles. The van der Waals surface area contributed by atoms with Crippen molar-refractivity contribution in [3.8, 4) is 11.5 Å². The van der Waals surface area contributed by atoms with E-state index >= 15 is 0 Å². The fourth-order valence-corrected chi connectivity index (χ4v) is 7.17. The molecule has 0 fully saturated rings. The Balaban J connectivity index is 0.904. The zero-order chi connectivity index (χ0) is 43.6. The first kappa shape index (κ1) is 43.7. The molecule has 9 nitrogen and oxygen atoms in total. The average Bonchev–Trinajstić information content (AvgIpc) is 3.32. The molecule has 0 amide bonds. The van der Waals surface area contributed by atoms with E-state index in [0.29, 0.717) is 5.75 Å². The molecule has 0 aliphatic rings. The highest BCUT2D eigenvalue weighted by Crippen LogP contribution is 2.37. The van der Waals surface area contributed by atoms with Gasteiger partial charge in [-0.15, -0.1) is 0 Å². The van der Waals surface area contributed by atoms with Crippen molar-refractivity contribution in [2.24, 2.45) is 0 Å². The predicted octanol–water partition coefficient (Wildman–Crippen LogP) is 12.3. The molecule has 0 saturated heterocycles. The van der Waals surface area contributed by atoms with Crippen LogP contribution in [-0.2, 0) is 44.7 Å². The number of aryl methyl sites for hydroxylation is 4. The second kappa shape index (κ2) is 22.5. The summed E-state index contributed by atoms with van der Waals surface area (Å²) >= 11 is 0. The Morgan fingerprint density at radius 3 is 1.11 bits per heavy atom. The molecule has 0 aliphatic heterocycles. The van der Waals surface area contributed by atoms with Gasteiger partial charge < -0.3 is 33.5 Å². The van der Waals surface area contributed by atoms with Crippen LogP contribution < -0.4 is 19.3 Å². The van der Waals surface area contributed by atoms with Crippen molar-refractivity contribution in [1.82, 2.24) is 0 Å². The van der Waals surface area contributed by atoms with Gasteiger partial charge in [-0.3, -0.25) is 4.79 Å². The number of esters is 1. The van der Waals surface area contributed by atoms with Gasteiger partial charge in [0.15, 0.2) is 0 Å². The van der Waals surface area contributed by atoms with Crippen molar-refractivity contribution in [3.05, 3.63) is 204 Å². The molecule has 0 aromatic heterocycles. The highest BCUT2D eigenvalue weighted by Gasteiger charge is 2.15. The molecule has 0 saturated carbocycles. The minimum absolute atomic E-state index is 0.0151. The smallest absolute Gasteiger partial charge is 0.497 e. The summed E-state index contributed by atoms with van der Waals surface area (Å²) in [5, 5.41) is 0. The van der Waals surface area contributed by atoms with Gasteiger partial charge in [-0.2, -0.15) is 0 Å². The maximum atomic E-state index is 12.2. The molecule has 320 valence electrons. The third-order valence-corrected chi connectivity index (χ3v) is 10.5. The summed E-state index contributed by atoms with van der Waals surface area (Å²) in [7, 11) is 1.69. The SMILES string of the molecule is COc1ccc(N(c2ccccc2)c2ccc(CCc3ccc(CCc4ccc(N(c5ccccc5)c5ccc(OC(=O)OCCOCCOC(C)=O)cc5)cc4)cc3)cc2)cc1. The van der Waals surface area contributed by atoms with E-state index in [0.717, 1.165) is 65.6 Å². The van der Waals surface area contributed by atoms with E-state index in [1.54, 1.807) is 19.2 Å². The van der Waals surface area contributed by atoms with E-state index in [9.17, 15) is 9.59 Å². The van der Waals surface area contributed by atoms with Gasteiger partial charge in [0.05, 0.1) is 20.3 Å². The normalized spacial score (nSPS) is 10.8. The summed E-state index contributed by atoms with van der Waals surface area (Å²) in [5.74, 6) is 0.823. The Labute approximate surface area is 370 Å². The molecular formula is C54H52N2O7. The van der Waals surface area contributed by atoms with Crippen LogP contribution in [0, 0.1) is 0 Å². The van der Waals surface area contributed by atoms with Crippen LogP contribution in [0.1, 0.15) is 29.2 Å². The third-order valence-electron chi connectivity index (χ3n) is 10.5. The molecule has 7 rings (SSSR count). The summed E-state index contributed by atoms with van der Waals surface area (Å²) in [4.78, 5) is 27.5. The lowest BCUT2D eigenvalue weighted by atomic mass is 10.00. The quantitative estimate of drug-likeness (QED) is 0.0423. The number of hydrogen-bond donors (Lipinski definition) is 0. The first-order valence-electron chi connectivity index (χ1n) is 21.2. The Hall–Kier alpha value is -7.36. The number of carbonyl (C=O) groups is 2. The topological polar surface area (TPSA) is 86.8 Å². The highest BCUT2D eigenvalue weighted by molar-refractivity contribution is 5.78. The van der Waals surface area contributed by atoms with Gasteiger partial charge in [0.1, 0.15) is 24.7 Å². The number of ether oxygens (including phenoxy) is 5. The first-order chi connectivity index (χ1) is 30.9. The average molecular weight is 841 g/mol. The lowest BCUT2D eigenvalue weighted by molar-refractivity contribution is -0.142. The number of benzene rings is 7. The molecule has 0 radical (unpaired) electrons. The molecule has 7 aromatic rings. The molecule has 0 bridgehead atoms. The number of hydrogen-bond acceptors (Lipinski definition) is 9. The standard InChI is InChI=1S/C54H52N2O7/c1-41(57)61-39-37-60-38-40-62-54(58)63-53-35-31-51(32-36-53)56(47-11-7-4-8-12-47)49-27-23-45(24-28-49)20-18-43-15-13-42(14-16-43)17-19-44-21-25-48(26-22-44)55(46-9-5-3-6-10-46)50-29-33-52(59-2)34-30-50/h3-16,21-36H,17-20,37-40H2,1-2H3. The first-order valence-corrected chi connectivity index (χ1v) is 21.2. The van der Waals surface area contributed by atoms with E-state index < -0.39 is 6.16 Å². The van der Waals surface area contributed by atoms with Gasteiger partial charge in [0, 0.05) is 41.0 Å². The molecular weight excluding hydrogens is 789 g/mol. The Morgan fingerprint density at radius 2 is 0.730 bits per heavy atom. The number of methoxy groups -OCH3 is 1. The van der Waals surface area contributed by atoms with E-state index in [-0.39, 0.29) is 32.4 Å². The highest BCUT2D eigenvalue weighted by atomic mass is 16.7. The van der Waals surface area contributed by atoms with Crippen molar-refractivity contribution < 1.29 is 33.3 Å². The molecule has 0 heterocycles. The van der Waals surface area contributed by atoms with Crippen molar-refractivity contribution in [2.75, 3.05) is 43.3 Å². The second-order valence-electron chi connectivity index (χ2n) is 14.8. The minimum Gasteiger partial charge on any atom is -0.497 e. The summed E-state index contributed by atoms with van der Waals surface area (Å²) in [5.41, 5.74) is 11.4. The fourth-order valence-electron chi connectivity index (χ4n) is 7.17. The van der Waals surface area contributed by atoms with Gasteiger partial charge in [0.25, 0.3) is 0 Å². The van der Waals surface area contributed by atoms with Crippen LogP contribution in [-0.4, -0.2) is 45.7 Å². The zero-order valence-corrected chi connectivity index (χ0v) is 35.7. The summed E-state index contributed by atoms with van der Waals surface area (Å²) in [6.45, 7) is 1.88. The summed E-state index contributed by atoms with van der Waals surface area (Å²) in [6.07, 6.45) is 2.99. The maximum Gasteiger partial charge on any atom is 0.513 e. The van der Waals surface area contributed by atoms with Crippen LogP contribution >= 0.6 is 0 Å². The van der Waals surface area contributed by atoms with Gasteiger partial charge in [-0.25, -0.2) is 4.79 Å². The minimum atomic E-state index is -0.825. The molecule has 63 heavy (non-hydrogen) atoms. The molecule has 0 unspecified atom stereocenters. The second-order valence-corrected chi connectivity index (χ2v) is 14.8. The molecule has 0 N–H and O–H groups in total. The number of para-hydroxylation sites is 2. The lowest BCUT2D eigenvalue weighted by Crippen LogP contribution is -2.16. The van der Waals surface area contributed by atoms with Crippen molar-refractivity contribution >= 4 is 46.2 Å². The van der Waals surface area contributed by atoms with Crippen LogP contribution in [0.15, 0.2) is 182 Å². The number of nitrogens with zero attached hydrogens (tertiary/aromatic N) is 2. The number of carbonyl (C=O) groups excluding carboxylic acids is 2. The number of rotatable bonds is 20. The van der Waals surface area contributed by atoms with E-state index in [4.69, 9.17) is 23.7 Å². The summed E-state index contributed by atoms with van der Waals surface area (Å²) < 4.78 is 26.0. The van der Waals surface area contributed by atoms with Crippen LogP contribution in [0.3, 0.4) is 0 Å². The monoisotopic (exact) mass is 840 g/mol. The summed E-state index contributed by atoms with van der Waals surface area (Å²) in [6, 6.07) is 62.6. The van der Waals surface area contributed by atoms with Gasteiger partial charge in [-0.1, -0.05) is 84.9 Å². The van der Waals surface area contributed by atoms with Crippen LogP contribution in [0.5, 0.6) is 11.5 Å². The fraction of sp³-hybridized carbons (Fsp3) is 0.185. The molecule has 0 aliphatic carbocycles. The lowest BCUT2D eigenvalue weighted by Gasteiger charge is -2.25. The Bertz CT molecular complexity index is 2460. The van der Waals surface area contributed by atoms with E-state index in [2.05, 4.69) is 131 Å². The van der Waals surface area contributed by atoms with Gasteiger partial charge >= 0.3 is 12.1 Å². The van der Waals surface area contributed by atoms with Crippen LogP contribution in [0.25, 0.3) is 0 Å². The van der Waals surface area contributed by atoms with Crippen molar-refractivity contribution in [1.29, 1.82) is 0 Å². The Kier molecular flexibility index (Phi) is 15.6. The molecule has 0 spiro atoms. The largest absolute Gasteiger partial charge is 0.513 e.